The number of hydrogen-bond acceptors (Lipinski definition) is 5. The molecule has 1 heterocycles. The normalized spacial score (nSPS) is 10.6. The van der Waals surface area contributed by atoms with Crippen LogP contribution in [-0.4, -0.2) is 27.7 Å². The average molecular weight is 423 g/mol. The van der Waals surface area contributed by atoms with Crippen LogP contribution in [0.5, 0.6) is 5.75 Å². The zero-order chi connectivity index (χ0) is 19.2. The minimum absolute atomic E-state index is 0.144. The van der Waals surface area contributed by atoms with Crippen LogP contribution < -0.4 is 10.1 Å². The molecule has 9 heteroatoms. The van der Waals surface area contributed by atoms with E-state index < -0.39 is 0 Å². The molecule has 3 aromatic rings. The van der Waals surface area contributed by atoms with Crippen molar-refractivity contribution in [3.05, 3.63) is 63.6 Å². The van der Waals surface area contributed by atoms with E-state index in [9.17, 15) is 4.79 Å². The Morgan fingerprint density at radius 1 is 1.22 bits per heavy atom. The third kappa shape index (κ3) is 5.89. The molecule has 1 aromatic heterocycles. The van der Waals surface area contributed by atoms with Crippen LogP contribution in [0.15, 0.2) is 47.6 Å². The number of benzene rings is 2. The summed E-state index contributed by atoms with van der Waals surface area (Å²) in [6, 6.07) is 12.8. The summed E-state index contributed by atoms with van der Waals surface area (Å²) < 4.78 is 5.45. The van der Waals surface area contributed by atoms with Crippen LogP contribution in [0.2, 0.25) is 10.0 Å². The Bertz CT molecular complexity index is 931. The second-order valence-corrected chi connectivity index (χ2v) is 7.42. The molecule has 0 fully saturated rings. The lowest BCUT2D eigenvalue weighted by Crippen LogP contribution is -2.20. The lowest BCUT2D eigenvalue weighted by Gasteiger charge is -2.07. The molecule has 0 bridgehead atoms. The van der Waals surface area contributed by atoms with Gasteiger partial charge in [0.05, 0.1) is 0 Å². The molecule has 3 rings (SSSR count). The molecular weight excluding hydrogens is 407 g/mol. The van der Waals surface area contributed by atoms with Gasteiger partial charge in [-0.05, 0) is 48.4 Å². The number of rotatable bonds is 7. The smallest absolute Gasteiger partial charge is 0.264 e. The van der Waals surface area contributed by atoms with Gasteiger partial charge in [0.2, 0.25) is 11.1 Å². The number of halogens is 2. The highest BCUT2D eigenvalue weighted by molar-refractivity contribution is 7.98. The van der Waals surface area contributed by atoms with E-state index in [0.717, 1.165) is 11.1 Å². The summed E-state index contributed by atoms with van der Waals surface area (Å²) in [6.45, 7) is 1.72. The second kappa shape index (κ2) is 9.12. The third-order valence-electron chi connectivity index (χ3n) is 3.50. The van der Waals surface area contributed by atoms with Gasteiger partial charge >= 0.3 is 0 Å². The maximum absolute atomic E-state index is 12.0. The molecule has 140 valence electrons. The van der Waals surface area contributed by atoms with Gasteiger partial charge in [0, 0.05) is 15.8 Å². The predicted octanol–water partition coefficient (Wildman–Crippen LogP) is 4.73. The minimum atomic E-state index is -0.340. The maximum atomic E-state index is 12.0. The Morgan fingerprint density at radius 3 is 2.74 bits per heavy atom. The van der Waals surface area contributed by atoms with Crippen molar-refractivity contribution in [2.45, 2.75) is 17.8 Å². The lowest BCUT2D eigenvalue weighted by molar-refractivity contribution is -0.118. The highest BCUT2D eigenvalue weighted by atomic mass is 35.5. The number of carbonyl (C=O) groups excluding carboxylic acids is 1. The quantitative estimate of drug-likeness (QED) is 0.537. The molecule has 1 amide bonds. The number of amides is 1. The topological polar surface area (TPSA) is 79.9 Å². The fourth-order valence-electron chi connectivity index (χ4n) is 2.12. The van der Waals surface area contributed by atoms with E-state index in [1.807, 2.05) is 31.2 Å². The van der Waals surface area contributed by atoms with Crippen molar-refractivity contribution in [3.63, 3.8) is 0 Å². The van der Waals surface area contributed by atoms with Gasteiger partial charge in [-0.15, -0.1) is 5.10 Å². The number of thioether (sulfide) groups is 1. The largest absolute Gasteiger partial charge is 0.484 e. The Labute approximate surface area is 170 Å². The first-order valence-electron chi connectivity index (χ1n) is 7.98. The van der Waals surface area contributed by atoms with Crippen LogP contribution in [0, 0.1) is 6.92 Å². The van der Waals surface area contributed by atoms with E-state index in [2.05, 4.69) is 20.5 Å². The number of aryl methyl sites for hydroxylation is 1. The van der Waals surface area contributed by atoms with Crippen LogP contribution in [0.25, 0.3) is 0 Å². The molecule has 27 heavy (non-hydrogen) atoms. The number of carbonyl (C=O) groups is 1. The molecule has 0 radical (unpaired) electrons. The zero-order valence-corrected chi connectivity index (χ0v) is 16.7. The lowest BCUT2D eigenvalue weighted by atomic mass is 10.2. The molecule has 0 saturated heterocycles. The van der Waals surface area contributed by atoms with E-state index in [4.69, 9.17) is 27.9 Å². The first kappa shape index (κ1) is 19.5. The SMILES string of the molecule is Cc1cc(OCC(=O)Nc2nc(SCc3ccc(Cl)cc3)n[nH]2)ccc1Cl. The van der Waals surface area contributed by atoms with Crippen LogP contribution in [0.1, 0.15) is 11.1 Å². The van der Waals surface area contributed by atoms with Crippen LogP contribution in [0.4, 0.5) is 5.95 Å². The first-order valence-corrected chi connectivity index (χ1v) is 9.72. The van der Waals surface area contributed by atoms with Crippen LogP contribution in [0.3, 0.4) is 0 Å². The molecule has 2 aromatic carbocycles. The maximum Gasteiger partial charge on any atom is 0.264 e. The Kier molecular flexibility index (Phi) is 6.60. The average Bonchev–Trinajstić information content (AvgIpc) is 3.09. The van der Waals surface area contributed by atoms with Crippen molar-refractivity contribution in [2.24, 2.45) is 0 Å². The highest BCUT2D eigenvalue weighted by Crippen LogP contribution is 2.22. The van der Waals surface area contributed by atoms with Crippen molar-refractivity contribution >= 4 is 46.8 Å². The van der Waals surface area contributed by atoms with E-state index in [1.54, 1.807) is 18.2 Å². The highest BCUT2D eigenvalue weighted by Gasteiger charge is 2.09. The summed E-state index contributed by atoms with van der Waals surface area (Å²) in [5.74, 6) is 1.20. The van der Waals surface area contributed by atoms with E-state index in [-0.39, 0.29) is 18.5 Å². The molecule has 0 aliphatic carbocycles. The molecular formula is C18H16Cl2N4O2S. The van der Waals surface area contributed by atoms with E-state index >= 15 is 0 Å². The van der Waals surface area contributed by atoms with Gasteiger partial charge in [0.25, 0.3) is 5.91 Å². The zero-order valence-electron chi connectivity index (χ0n) is 14.3. The number of nitrogens with zero attached hydrogens (tertiary/aromatic N) is 2. The van der Waals surface area contributed by atoms with Gasteiger partial charge in [0.1, 0.15) is 5.75 Å². The van der Waals surface area contributed by atoms with E-state index in [0.29, 0.717) is 26.7 Å². The van der Waals surface area contributed by atoms with Gasteiger partial charge in [-0.1, -0.05) is 47.1 Å². The first-order chi connectivity index (χ1) is 13.0. The Hall–Kier alpha value is -2.22. The number of H-pyrrole nitrogens is 1. The fraction of sp³-hybridized carbons (Fsp3) is 0.167. The second-order valence-electron chi connectivity index (χ2n) is 5.63. The Morgan fingerprint density at radius 2 is 2.00 bits per heavy atom. The Balaban J connectivity index is 1.47. The van der Waals surface area contributed by atoms with Gasteiger partial charge < -0.3 is 4.74 Å². The van der Waals surface area contributed by atoms with Crippen molar-refractivity contribution in [2.75, 3.05) is 11.9 Å². The molecule has 0 aliphatic rings. The standard InChI is InChI=1S/C18H16Cl2N4O2S/c1-11-8-14(6-7-15(11)20)26-9-16(25)21-17-22-18(24-23-17)27-10-12-2-4-13(19)5-3-12/h2-8H,9-10H2,1H3,(H2,21,22,23,24,25). The monoisotopic (exact) mass is 422 g/mol. The number of ether oxygens (including phenoxy) is 1. The van der Waals surface area contributed by atoms with Crippen molar-refractivity contribution in [1.82, 2.24) is 15.2 Å². The third-order valence-corrected chi connectivity index (χ3v) is 5.10. The van der Waals surface area contributed by atoms with Crippen molar-refractivity contribution in [3.8, 4) is 5.75 Å². The summed E-state index contributed by atoms with van der Waals surface area (Å²) in [5, 5.41) is 11.3. The van der Waals surface area contributed by atoms with Crippen molar-refractivity contribution in [1.29, 1.82) is 0 Å². The molecule has 0 atom stereocenters. The van der Waals surface area contributed by atoms with Gasteiger partial charge in [-0.2, -0.15) is 4.98 Å². The van der Waals surface area contributed by atoms with Crippen LogP contribution >= 0.6 is 35.0 Å². The van der Waals surface area contributed by atoms with E-state index in [1.165, 1.54) is 11.8 Å². The molecule has 0 aliphatic heterocycles. The number of aromatic nitrogens is 3. The summed E-state index contributed by atoms with van der Waals surface area (Å²) in [4.78, 5) is 16.2. The summed E-state index contributed by atoms with van der Waals surface area (Å²) >= 11 is 13.3. The van der Waals surface area contributed by atoms with Gasteiger partial charge in [-0.25, -0.2) is 5.10 Å². The molecule has 2 N–H and O–H groups in total. The minimum Gasteiger partial charge on any atom is -0.484 e. The number of anilines is 1. The fourth-order valence-corrected chi connectivity index (χ4v) is 3.12. The van der Waals surface area contributed by atoms with Crippen molar-refractivity contribution < 1.29 is 9.53 Å². The van der Waals surface area contributed by atoms with Gasteiger partial charge in [-0.3, -0.25) is 10.1 Å². The molecule has 0 spiro atoms. The summed E-state index contributed by atoms with van der Waals surface area (Å²) in [7, 11) is 0. The van der Waals surface area contributed by atoms with Gasteiger partial charge in [0.15, 0.2) is 6.61 Å². The predicted molar refractivity (Wildman–Crippen MR) is 108 cm³/mol. The van der Waals surface area contributed by atoms with Crippen LogP contribution in [-0.2, 0) is 10.5 Å². The number of nitrogens with one attached hydrogen (secondary N) is 2. The molecule has 0 unspecified atom stereocenters. The molecule has 0 saturated carbocycles. The molecule has 6 nitrogen and oxygen atoms in total. The number of aromatic amines is 1. The summed E-state index contributed by atoms with van der Waals surface area (Å²) in [6.07, 6.45) is 0. The summed E-state index contributed by atoms with van der Waals surface area (Å²) in [5.41, 5.74) is 1.98. The number of hydrogen-bond donors (Lipinski definition) is 2.